The zero-order valence-corrected chi connectivity index (χ0v) is 16.3. The molecule has 2 aromatic rings. The number of hydrogen-bond acceptors (Lipinski definition) is 4. The van der Waals surface area contributed by atoms with E-state index < -0.39 is 0 Å². The van der Waals surface area contributed by atoms with Gasteiger partial charge in [-0.1, -0.05) is 17.7 Å². The third-order valence-corrected chi connectivity index (χ3v) is 4.70. The van der Waals surface area contributed by atoms with Crippen LogP contribution in [-0.4, -0.2) is 38.7 Å². The highest BCUT2D eigenvalue weighted by molar-refractivity contribution is 6.04. The summed E-state index contributed by atoms with van der Waals surface area (Å²) in [5, 5.41) is 5.84. The molecule has 0 saturated heterocycles. The third-order valence-electron chi connectivity index (χ3n) is 4.70. The van der Waals surface area contributed by atoms with E-state index in [1.54, 1.807) is 13.2 Å². The fraction of sp³-hybridized carbons (Fsp3) is 0.364. The van der Waals surface area contributed by atoms with Crippen molar-refractivity contribution in [3.63, 3.8) is 0 Å². The summed E-state index contributed by atoms with van der Waals surface area (Å²) in [7, 11) is 1.64. The van der Waals surface area contributed by atoms with Crippen LogP contribution in [0, 0.1) is 12.8 Å². The highest BCUT2D eigenvalue weighted by atomic mass is 16.5. The van der Waals surface area contributed by atoms with Crippen LogP contribution in [0.5, 0.6) is 5.75 Å². The molecule has 2 N–H and O–H groups in total. The third kappa shape index (κ3) is 5.10. The molecule has 0 spiro atoms. The maximum Gasteiger partial charge on any atom is 0.255 e. The lowest BCUT2D eigenvalue weighted by Gasteiger charge is -2.25. The molecule has 0 bridgehead atoms. The summed E-state index contributed by atoms with van der Waals surface area (Å²) in [5.74, 6) is 0.346. The maximum atomic E-state index is 12.5. The minimum Gasteiger partial charge on any atom is -0.492 e. The number of benzene rings is 2. The first-order valence-electron chi connectivity index (χ1n) is 9.47. The summed E-state index contributed by atoms with van der Waals surface area (Å²) < 4.78 is 10.7. The standard InChI is InChI=1S/C22H26N2O4/c1-15-5-3-6-16(11-15)22(26)24-19-7-8-20-17(13-19)12-18(14-28-20)21(25)23-9-4-10-27-2/h3,5-8,11,13,18H,4,9-10,12,14H2,1-2H3,(H,23,25)(H,24,26)/t18-/m0/s1. The van der Waals surface area contributed by atoms with Gasteiger partial charge in [-0.05, 0) is 55.7 Å². The Kier molecular flexibility index (Phi) is 6.66. The number of carbonyl (C=O) groups is 2. The van der Waals surface area contributed by atoms with Gasteiger partial charge in [0.25, 0.3) is 5.91 Å². The number of hydrogen-bond donors (Lipinski definition) is 2. The molecule has 1 atom stereocenters. The molecule has 2 amide bonds. The topological polar surface area (TPSA) is 76.7 Å². The van der Waals surface area contributed by atoms with Crippen molar-refractivity contribution < 1.29 is 19.1 Å². The van der Waals surface area contributed by atoms with Crippen LogP contribution in [0.4, 0.5) is 5.69 Å². The fourth-order valence-corrected chi connectivity index (χ4v) is 3.20. The monoisotopic (exact) mass is 382 g/mol. The van der Waals surface area contributed by atoms with Crippen LogP contribution in [0.15, 0.2) is 42.5 Å². The number of ether oxygens (including phenoxy) is 2. The molecule has 3 rings (SSSR count). The Balaban J connectivity index is 1.63. The van der Waals surface area contributed by atoms with Crippen molar-refractivity contribution in [1.82, 2.24) is 5.32 Å². The highest BCUT2D eigenvalue weighted by Crippen LogP contribution is 2.30. The first-order chi connectivity index (χ1) is 13.6. The summed E-state index contributed by atoms with van der Waals surface area (Å²) in [5.41, 5.74) is 3.26. The number of fused-ring (bicyclic) bond motifs is 1. The molecule has 0 aliphatic carbocycles. The number of anilines is 1. The summed E-state index contributed by atoms with van der Waals surface area (Å²) >= 11 is 0. The van der Waals surface area contributed by atoms with Crippen LogP contribution in [0.25, 0.3) is 0 Å². The van der Waals surface area contributed by atoms with Crippen molar-refractivity contribution in [3.8, 4) is 5.75 Å². The minimum atomic E-state index is -0.238. The predicted octanol–water partition coefficient (Wildman–Crippen LogP) is 2.95. The number of carbonyl (C=O) groups excluding carboxylic acids is 2. The van der Waals surface area contributed by atoms with E-state index in [4.69, 9.17) is 9.47 Å². The largest absolute Gasteiger partial charge is 0.492 e. The average Bonchev–Trinajstić information content (AvgIpc) is 2.70. The van der Waals surface area contributed by atoms with Crippen LogP contribution in [0.2, 0.25) is 0 Å². The molecule has 0 saturated carbocycles. The fourth-order valence-electron chi connectivity index (χ4n) is 3.20. The molecule has 1 aliphatic heterocycles. The van der Waals surface area contributed by atoms with Crippen molar-refractivity contribution in [1.29, 1.82) is 0 Å². The van der Waals surface area contributed by atoms with Gasteiger partial charge in [-0.15, -0.1) is 0 Å². The Labute approximate surface area is 165 Å². The Morgan fingerprint density at radius 3 is 2.86 bits per heavy atom. The lowest BCUT2D eigenvalue weighted by Crippen LogP contribution is -2.38. The van der Waals surface area contributed by atoms with E-state index in [1.807, 2.05) is 43.3 Å². The van der Waals surface area contributed by atoms with Gasteiger partial charge in [0.2, 0.25) is 5.91 Å². The van der Waals surface area contributed by atoms with Crippen LogP contribution in [0.3, 0.4) is 0 Å². The molecule has 6 heteroatoms. The number of methoxy groups -OCH3 is 1. The van der Waals surface area contributed by atoms with Gasteiger partial charge < -0.3 is 20.1 Å². The van der Waals surface area contributed by atoms with Crippen molar-refractivity contribution in [3.05, 3.63) is 59.2 Å². The predicted molar refractivity (Wildman–Crippen MR) is 108 cm³/mol. The Bertz CT molecular complexity index is 850. The Hall–Kier alpha value is -2.86. The van der Waals surface area contributed by atoms with Gasteiger partial charge >= 0.3 is 0 Å². The van der Waals surface area contributed by atoms with E-state index in [-0.39, 0.29) is 17.7 Å². The van der Waals surface area contributed by atoms with Crippen LogP contribution >= 0.6 is 0 Å². The van der Waals surface area contributed by atoms with E-state index >= 15 is 0 Å². The zero-order valence-electron chi connectivity index (χ0n) is 16.3. The minimum absolute atomic E-state index is 0.0176. The number of rotatable bonds is 7. The van der Waals surface area contributed by atoms with E-state index in [2.05, 4.69) is 10.6 Å². The van der Waals surface area contributed by atoms with E-state index in [9.17, 15) is 9.59 Å². The van der Waals surface area contributed by atoms with Crippen molar-refractivity contribution >= 4 is 17.5 Å². The Morgan fingerprint density at radius 1 is 1.21 bits per heavy atom. The molecule has 2 aromatic carbocycles. The molecule has 0 radical (unpaired) electrons. The molecule has 0 fully saturated rings. The summed E-state index contributed by atoms with van der Waals surface area (Å²) in [6.45, 7) is 3.52. The SMILES string of the molecule is COCCCNC(=O)[C@@H]1COc2ccc(NC(=O)c3cccc(C)c3)cc2C1. The zero-order chi connectivity index (χ0) is 19.9. The first-order valence-corrected chi connectivity index (χ1v) is 9.47. The van der Waals surface area contributed by atoms with E-state index in [1.165, 1.54) is 0 Å². The van der Waals surface area contributed by atoms with Gasteiger partial charge in [0.1, 0.15) is 12.4 Å². The molecule has 28 heavy (non-hydrogen) atoms. The molecule has 6 nitrogen and oxygen atoms in total. The normalized spacial score (nSPS) is 15.3. The van der Waals surface area contributed by atoms with Gasteiger partial charge in [-0.2, -0.15) is 0 Å². The lowest BCUT2D eigenvalue weighted by atomic mass is 9.95. The molecule has 148 valence electrons. The number of amides is 2. The van der Waals surface area contributed by atoms with Crippen molar-refractivity contribution in [2.75, 3.05) is 32.2 Å². The molecule has 1 aliphatic rings. The van der Waals surface area contributed by atoms with Gasteiger partial charge in [0, 0.05) is 31.5 Å². The van der Waals surface area contributed by atoms with Gasteiger partial charge in [-0.25, -0.2) is 0 Å². The van der Waals surface area contributed by atoms with Gasteiger partial charge in [0.15, 0.2) is 0 Å². The first kappa shape index (κ1) is 19.9. The maximum absolute atomic E-state index is 12.5. The van der Waals surface area contributed by atoms with E-state index in [0.29, 0.717) is 37.4 Å². The van der Waals surface area contributed by atoms with Crippen molar-refractivity contribution in [2.45, 2.75) is 19.8 Å². The second-order valence-electron chi connectivity index (χ2n) is 7.00. The van der Waals surface area contributed by atoms with Crippen LogP contribution in [-0.2, 0) is 16.0 Å². The second kappa shape index (κ2) is 9.37. The molecule has 0 aromatic heterocycles. The molecular formula is C22H26N2O4. The Morgan fingerprint density at radius 2 is 2.07 bits per heavy atom. The summed E-state index contributed by atoms with van der Waals surface area (Å²) in [6, 6.07) is 13.0. The van der Waals surface area contributed by atoms with Crippen molar-refractivity contribution in [2.24, 2.45) is 5.92 Å². The van der Waals surface area contributed by atoms with E-state index in [0.717, 1.165) is 23.3 Å². The quantitative estimate of drug-likeness (QED) is 0.722. The van der Waals surface area contributed by atoms with Gasteiger partial charge in [-0.3, -0.25) is 9.59 Å². The number of aryl methyl sites for hydroxylation is 1. The van der Waals surface area contributed by atoms with Crippen LogP contribution in [0.1, 0.15) is 27.9 Å². The highest BCUT2D eigenvalue weighted by Gasteiger charge is 2.26. The van der Waals surface area contributed by atoms with Gasteiger partial charge in [0.05, 0.1) is 5.92 Å². The summed E-state index contributed by atoms with van der Waals surface area (Å²) in [4.78, 5) is 24.8. The average molecular weight is 382 g/mol. The molecule has 0 unspecified atom stereocenters. The lowest BCUT2D eigenvalue weighted by molar-refractivity contribution is -0.126. The molecule has 1 heterocycles. The van der Waals surface area contributed by atoms with Crippen LogP contribution < -0.4 is 15.4 Å². The number of nitrogens with one attached hydrogen (secondary N) is 2. The second-order valence-corrected chi connectivity index (χ2v) is 7.00. The smallest absolute Gasteiger partial charge is 0.255 e. The summed E-state index contributed by atoms with van der Waals surface area (Å²) in [6.07, 6.45) is 1.36. The molecular weight excluding hydrogens is 356 g/mol.